The highest BCUT2D eigenvalue weighted by Gasteiger charge is 2.19. The summed E-state index contributed by atoms with van der Waals surface area (Å²) in [6.45, 7) is 0.595. The third kappa shape index (κ3) is 3.75. The van der Waals surface area contributed by atoms with Crippen LogP contribution in [0.15, 0.2) is 24.3 Å². The molecule has 94 valence electrons. The van der Waals surface area contributed by atoms with Crippen molar-refractivity contribution in [3.8, 4) is 5.75 Å². The van der Waals surface area contributed by atoms with Gasteiger partial charge in [-0.05, 0) is 37.1 Å². The molecule has 0 aromatic heterocycles. The molecule has 0 saturated heterocycles. The average Bonchev–Trinajstić information content (AvgIpc) is 2.39. The van der Waals surface area contributed by atoms with Crippen LogP contribution in [0.25, 0.3) is 0 Å². The fraction of sp³-hybridized carbons (Fsp3) is 0.462. The van der Waals surface area contributed by atoms with E-state index in [0.29, 0.717) is 6.54 Å². The van der Waals surface area contributed by atoms with Crippen molar-refractivity contribution in [3.05, 3.63) is 29.8 Å². The van der Waals surface area contributed by atoms with Gasteiger partial charge in [-0.15, -0.1) is 0 Å². The largest absolute Gasteiger partial charge is 0.497 e. The number of carbonyl (C=O) groups is 1. The molecule has 1 aromatic rings. The monoisotopic (exact) mass is 236 g/mol. The minimum atomic E-state index is -0.154. The minimum Gasteiger partial charge on any atom is -0.497 e. The van der Waals surface area contributed by atoms with Crippen LogP contribution in [-0.2, 0) is 4.79 Å². The van der Waals surface area contributed by atoms with E-state index in [0.717, 1.165) is 24.2 Å². The Morgan fingerprint density at radius 1 is 1.53 bits per heavy atom. The van der Waals surface area contributed by atoms with Crippen molar-refractivity contribution in [2.24, 2.45) is 5.73 Å². The van der Waals surface area contributed by atoms with Gasteiger partial charge in [0.2, 0.25) is 5.91 Å². The molecule has 1 aromatic carbocycles. The van der Waals surface area contributed by atoms with Gasteiger partial charge in [0.15, 0.2) is 0 Å². The molecule has 3 N–H and O–H groups in total. The molecule has 0 fully saturated rings. The molecule has 17 heavy (non-hydrogen) atoms. The predicted octanol–water partition coefficient (Wildman–Crippen LogP) is 1.26. The first-order chi connectivity index (χ1) is 8.22. The number of nitrogens with two attached hydrogens (primary N) is 1. The SMILES string of the molecule is CNC(=O)C(CCCN)c1cccc(OC)c1. The Morgan fingerprint density at radius 3 is 2.88 bits per heavy atom. The number of ether oxygens (including phenoxy) is 1. The summed E-state index contributed by atoms with van der Waals surface area (Å²) >= 11 is 0. The maximum Gasteiger partial charge on any atom is 0.227 e. The molecule has 1 rings (SSSR count). The summed E-state index contributed by atoms with van der Waals surface area (Å²) in [5, 5.41) is 2.69. The highest BCUT2D eigenvalue weighted by Crippen LogP contribution is 2.24. The van der Waals surface area contributed by atoms with Gasteiger partial charge < -0.3 is 15.8 Å². The van der Waals surface area contributed by atoms with E-state index in [4.69, 9.17) is 10.5 Å². The van der Waals surface area contributed by atoms with Gasteiger partial charge in [0.25, 0.3) is 0 Å². The molecule has 0 heterocycles. The van der Waals surface area contributed by atoms with E-state index in [2.05, 4.69) is 5.32 Å². The van der Waals surface area contributed by atoms with Crippen LogP contribution >= 0.6 is 0 Å². The second kappa shape index (κ2) is 6.91. The Bertz CT molecular complexity index is 366. The third-order valence-electron chi connectivity index (χ3n) is 2.76. The number of nitrogens with one attached hydrogen (secondary N) is 1. The van der Waals surface area contributed by atoms with Gasteiger partial charge in [-0.25, -0.2) is 0 Å². The summed E-state index contributed by atoms with van der Waals surface area (Å²) in [6, 6.07) is 7.61. The van der Waals surface area contributed by atoms with Crippen molar-refractivity contribution < 1.29 is 9.53 Å². The predicted molar refractivity (Wildman–Crippen MR) is 68.1 cm³/mol. The Kier molecular flexibility index (Phi) is 5.49. The number of carbonyl (C=O) groups excluding carboxylic acids is 1. The summed E-state index contributed by atoms with van der Waals surface area (Å²) in [5.41, 5.74) is 6.47. The molecule has 0 radical (unpaired) electrons. The quantitative estimate of drug-likeness (QED) is 0.781. The smallest absolute Gasteiger partial charge is 0.227 e. The highest BCUT2D eigenvalue weighted by molar-refractivity contribution is 5.83. The second-order valence-corrected chi connectivity index (χ2v) is 3.87. The van der Waals surface area contributed by atoms with E-state index in [9.17, 15) is 4.79 Å². The molecule has 0 spiro atoms. The summed E-state index contributed by atoms with van der Waals surface area (Å²) in [5.74, 6) is 0.634. The van der Waals surface area contributed by atoms with Crippen molar-refractivity contribution in [2.75, 3.05) is 20.7 Å². The third-order valence-corrected chi connectivity index (χ3v) is 2.76. The Morgan fingerprint density at radius 2 is 2.29 bits per heavy atom. The van der Waals surface area contributed by atoms with Gasteiger partial charge in [0.1, 0.15) is 5.75 Å². The van der Waals surface area contributed by atoms with Gasteiger partial charge in [-0.1, -0.05) is 12.1 Å². The Labute approximate surface area is 102 Å². The van der Waals surface area contributed by atoms with E-state index in [-0.39, 0.29) is 11.8 Å². The van der Waals surface area contributed by atoms with E-state index in [1.54, 1.807) is 14.2 Å². The fourth-order valence-electron chi connectivity index (χ4n) is 1.80. The lowest BCUT2D eigenvalue weighted by molar-refractivity contribution is -0.122. The molecule has 4 nitrogen and oxygen atoms in total. The van der Waals surface area contributed by atoms with Crippen LogP contribution in [0, 0.1) is 0 Å². The lowest BCUT2D eigenvalue weighted by atomic mass is 9.93. The number of amides is 1. The molecule has 0 saturated carbocycles. The van der Waals surface area contributed by atoms with Crippen LogP contribution < -0.4 is 15.8 Å². The van der Waals surface area contributed by atoms with Gasteiger partial charge in [0, 0.05) is 7.05 Å². The van der Waals surface area contributed by atoms with Crippen molar-refractivity contribution in [3.63, 3.8) is 0 Å². The number of hydrogen-bond donors (Lipinski definition) is 2. The van der Waals surface area contributed by atoms with Crippen LogP contribution in [0.4, 0.5) is 0 Å². The van der Waals surface area contributed by atoms with Crippen LogP contribution in [0.3, 0.4) is 0 Å². The van der Waals surface area contributed by atoms with E-state index < -0.39 is 0 Å². The first-order valence-electron chi connectivity index (χ1n) is 5.78. The van der Waals surface area contributed by atoms with Crippen LogP contribution in [-0.4, -0.2) is 26.6 Å². The average molecular weight is 236 g/mol. The molecule has 1 atom stereocenters. The summed E-state index contributed by atoms with van der Waals surface area (Å²) in [4.78, 5) is 11.8. The Hall–Kier alpha value is -1.55. The number of hydrogen-bond acceptors (Lipinski definition) is 3. The van der Waals surface area contributed by atoms with Gasteiger partial charge in [-0.3, -0.25) is 4.79 Å². The molecule has 0 bridgehead atoms. The maximum atomic E-state index is 11.8. The van der Waals surface area contributed by atoms with E-state index in [1.807, 2.05) is 24.3 Å². The minimum absolute atomic E-state index is 0.0201. The molecule has 0 aliphatic carbocycles. The maximum absolute atomic E-state index is 11.8. The summed E-state index contributed by atoms with van der Waals surface area (Å²) in [7, 11) is 3.27. The van der Waals surface area contributed by atoms with Crippen LogP contribution in [0.5, 0.6) is 5.75 Å². The standard InChI is InChI=1S/C13H20N2O2/c1-15-13(16)12(7-4-8-14)10-5-3-6-11(9-10)17-2/h3,5-6,9,12H,4,7-8,14H2,1-2H3,(H,15,16). The van der Waals surface area contributed by atoms with Crippen LogP contribution in [0.2, 0.25) is 0 Å². The van der Waals surface area contributed by atoms with Gasteiger partial charge in [0.05, 0.1) is 13.0 Å². The number of benzene rings is 1. The Balaban J connectivity index is 2.90. The molecular formula is C13H20N2O2. The number of rotatable bonds is 6. The zero-order chi connectivity index (χ0) is 12.7. The van der Waals surface area contributed by atoms with Gasteiger partial charge >= 0.3 is 0 Å². The zero-order valence-electron chi connectivity index (χ0n) is 10.4. The van der Waals surface area contributed by atoms with Gasteiger partial charge in [-0.2, -0.15) is 0 Å². The topological polar surface area (TPSA) is 64.4 Å². The first-order valence-corrected chi connectivity index (χ1v) is 5.78. The molecule has 0 aliphatic heterocycles. The van der Waals surface area contributed by atoms with Crippen molar-refractivity contribution in [1.82, 2.24) is 5.32 Å². The summed E-state index contributed by atoms with van der Waals surface area (Å²) in [6.07, 6.45) is 1.58. The molecule has 1 unspecified atom stereocenters. The molecule has 1 amide bonds. The highest BCUT2D eigenvalue weighted by atomic mass is 16.5. The fourth-order valence-corrected chi connectivity index (χ4v) is 1.80. The second-order valence-electron chi connectivity index (χ2n) is 3.87. The van der Waals surface area contributed by atoms with Crippen molar-refractivity contribution in [1.29, 1.82) is 0 Å². The van der Waals surface area contributed by atoms with E-state index >= 15 is 0 Å². The van der Waals surface area contributed by atoms with Crippen molar-refractivity contribution in [2.45, 2.75) is 18.8 Å². The molecule has 0 aliphatic rings. The molecular weight excluding hydrogens is 216 g/mol. The molecule has 4 heteroatoms. The van der Waals surface area contributed by atoms with E-state index in [1.165, 1.54) is 0 Å². The van der Waals surface area contributed by atoms with Crippen molar-refractivity contribution >= 4 is 5.91 Å². The normalized spacial score (nSPS) is 11.9. The lowest BCUT2D eigenvalue weighted by Gasteiger charge is -2.16. The zero-order valence-corrected chi connectivity index (χ0v) is 10.4. The first kappa shape index (κ1) is 13.5. The lowest BCUT2D eigenvalue weighted by Crippen LogP contribution is -2.26. The number of likely N-dealkylation sites (N-methyl/N-ethyl adjacent to an activating group) is 1. The summed E-state index contributed by atoms with van der Waals surface area (Å²) < 4.78 is 5.17. The number of methoxy groups -OCH3 is 1. The van der Waals surface area contributed by atoms with Crippen LogP contribution in [0.1, 0.15) is 24.3 Å².